The third kappa shape index (κ3) is 2.42. The van der Waals surface area contributed by atoms with Crippen LogP contribution in [0.5, 0.6) is 0 Å². The van der Waals surface area contributed by atoms with Crippen molar-refractivity contribution in [2.45, 2.75) is 37.5 Å². The summed E-state index contributed by atoms with van der Waals surface area (Å²) < 4.78 is 1.69. The molecule has 0 radical (unpaired) electrons. The molecular formula is C9H17N5S. The van der Waals surface area contributed by atoms with Crippen LogP contribution in [0.15, 0.2) is 0 Å². The van der Waals surface area contributed by atoms with E-state index in [1.54, 1.807) is 4.68 Å². The summed E-state index contributed by atoms with van der Waals surface area (Å²) in [6, 6.07) is 0.527. The Morgan fingerprint density at radius 2 is 2.40 bits per heavy atom. The monoisotopic (exact) mass is 227 g/mol. The van der Waals surface area contributed by atoms with Crippen LogP contribution in [0.25, 0.3) is 0 Å². The van der Waals surface area contributed by atoms with Crippen molar-refractivity contribution in [2.75, 3.05) is 11.1 Å². The molecule has 2 atom stereocenters. The zero-order valence-electron chi connectivity index (χ0n) is 9.18. The Kier molecular flexibility index (Phi) is 3.45. The standard InChI is InChI=1S/C9H17N5S/c1-3-15-8-6-4-5-7(8)10-9-11-12-13-14(9)2/h7-8H,3-6H2,1-2H3,(H,10,11,13). The van der Waals surface area contributed by atoms with Crippen LogP contribution in [0, 0.1) is 0 Å². The lowest BCUT2D eigenvalue weighted by atomic mass is 10.2. The van der Waals surface area contributed by atoms with Crippen LogP contribution in [0.4, 0.5) is 5.95 Å². The number of hydrogen-bond donors (Lipinski definition) is 1. The average molecular weight is 227 g/mol. The summed E-state index contributed by atoms with van der Waals surface area (Å²) in [6.07, 6.45) is 3.84. The molecule has 1 N–H and O–H groups in total. The van der Waals surface area contributed by atoms with E-state index < -0.39 is 0 Å². The predicted molar refractivity (Wildman–Crippen MR) is 62.0 cm³/mol. The van der Waals surface area contributed by atoms with Gasteiger partial charge in [0.1, 0.15) is 0 Å². The lowest BCUT2D eigenvalue weighted by molar-refractivity contribution is 0.694. The van der Waals surface area contributed by atoms with E-state index >= 15 is 0 Å². The van der Waals surface area contributed by atoms with Crippen LogP contribution in [-0.2, 0) is 7.05 Å². The molecular weight excluding hydrogens is 210 g/mol. The Bertz CT molecular complexity index is 313. The highest BCUT2D eigenvalue weighted by Crippen LogP contribution is 2.31. The van der Waals surface area contributed by atoms with Gasteiger partial charge in [-0.25, -0.2) is 4.68 Å². The molecule has 0 aliphatic heterocycles. The topological polar surface area (TPSA) is 55.6 Å². The number of rotatable bonds is 4. The third-order valence-corrected chi connectivity index (χ3v) is 4.09. The number of nitrogens with zero attached hydrogens (tertiary/aromatic N) is 4. The first kappa shape index (κ1) is 10.7. The molecule has 6 heteroatoms. The minimum absolute atomic E-state index is 0.527. The molecule has 5 nitrogen and oxygen atoms in total. The molecule has 1 aromatic rings. The lowest BCUT2D eigenvalue weighted by Gasteiger charge is -2.19. The van der Waals surface area contributed by atoms with Crippen LogP contribution >= 0.6 is 11.8 Å². The number of aryl methyl sites for hydroxylation is 1. The summed E-state index contributed by atoms with van der Waals surface area (Å²) in [6.45, 7) is 2.21. The molecule has 1 aliphatic carbocycles. The van der Waals surface area contributed by atoms with E-state index in [-0.39, 0.29) is 0 Å². The Labute approximate surface area is 94.0 Å². The summed E-state index contributed by atoms with van der Waals surface area (Å²) >= 11 is 2.03. The molecule has 0 saturated heterocycles. The van der Waals surface area contributed by atoms with E-state index in [0.717, 1.165) is 5.95 Å². The van der Waals surface area contributed by atoms with Gasteiger partial charge in [-0.2, -0.15) is 11.8 Å². The van der Waals surface area contributed by atoms with E-state index in [2.05, 4.69) is 27.8 Å². The van der Waals surface area contributed by atoms with Crippen LogP contribution in [-0.4, -0.2) is 37.3 Å². The summed E-state index contributed by atoms with van der Waals surface area (Å²) in [5, 5.41) is 15.5. The van der Waals surface area contributed by atoms with E-state index in [1.807, 2.05) is 18.8 Å². The van der Waals surface area contributed by atoms with Crippen molar-refractivity contribution in [1.29, 1.82) is 0 Å². The SMILES string of the molecule is CCSC1CCCC1Nc1nnnn1C. The fourth-order valence-corrected chi connectivity index (χ4v) is 3.22. The van der Waals surface area contributed by atoms with Gasteiger partial charge in [0.2, 0.25) is 5.95 Å². The normalized spacial score (nSPS) is 25.7. The van der Waals surface area contributed by atoms with Crippen LogP contribution < -0.4 is 5.32 Å². The van der Waals surface area contributed by atoms with Crippen molar-refractivity contribution in [2.24, 2.45) is 7.05 Å². The molecule has 0 spiro atoms. The maximum atomic E-state index is 3.96. The molecule has 2 unspecified atom stereocenters. The largest absolute Gasteiger partial charge is 0.349 e. The van der Waals surface area contributed by atoms with Crippen molar-refractivity contribution in [3.05, 3.63) is 0 Å². The van der Waals surface area contributed by atoms with Crippen LogP contribution in [0.2, 0.25) is 0 Å². The molecule has 2 rings (SSSR count). The second-order valence-corrected chi connectivity index (χ2v) is 5.32. The molecule has 1 fully saturated rings. The lowest BCUT2D eigenvalue weighted by Crippen LogP contribution is -2.27. The van der Waals surface area contributed by atoms with Crippen molar-refractivity contribution >= 4 is 17.7 Å². The second kappa shape index (κ2) is 4.83. The number of thioether (sulfide) groups is 1. The number of aromatic nitrogens is 4. The molecule has 0 bridgehead atoms. The molecule has 0 aromatic carbocycles. The van der Waals surface area contributed by atoms with Gasteiger partial charge in [0.15, 0.2) is 0 Å². The first-order valence-electron chi connectivity index (χ1n) is 5.41. The number of anilines is 1. The zero-order valence-corrected chi connectivity index (χ0v) is 10.00. The average Bonchev–Trinajstić information content (AvgIpc) is 2.80. The molecule has 1 heterocycles. The fourth-order valence-electron chi connectivity index (χ4n) is 2.02. The van der Waals surface area contributed by atoms with Crippen LogP contribution in [0.3, 0.4) is 0 Å². The van der Waals surface area contributed by atoms with Crippen LogP contribution in [0.1, 0.15) is 26.2 Å². The molecule has 1 aliphatic rings. The van der Waals surface area contributed by atoms with Gasteiger partial charge in [0.25, 0.3) is 0 Å². The Hall–Kier alpha value is -0.780. The first-order chi connectivity index (χ1) is 7.31. The van der Waals surface area contributed by atoms with Gasteiger partial charge in [-0.05, 0) is 29.0 Å². The third-order valence-electron chi connectivity index (χ3n) is 2.77. The smallest absolute Gasteiger partial charge is 0.242 e. The highest BCUT2D eigenvalue weighted by molar-refractivity contribution is 7.99. The van der Waals surface area contributed by atoms with Gasteiger partial charge in [-0.15, -0.1) is 0 Å². The van der Waals surface area contributed by atoms with Gasteiger partial charge in [-0.3, -0.25) is 0 Å². The quantitative estimate of drug-likeness (QED) is 0.840. The summed E-state index contributed by atoms with van der Waals surface area (Å²) in [7, 11) is 1.86. The molecule has 84 valence electrons. The van der Waals surface area contributed by atoms with E-state index in [9.17, 15) is 0 Å². The maximum Gasteiger partial charge on any atom is 0.242 e. The number of tetrazole rings is 1. The fraction of sp³-hybridized carbons (Fsp3) is 0.889. The van der Waals surface area contributed by atoms with Gasteiger partial charge in [0, 0.05) is 18.3 Å². The molecule has 15 heavy (non-hydrogen) atoms. The van der Waals surface area contributed by atoms with E-state index in [1.165, 1.54) is 25.0 Å². The van der Waals surface area contributed by atoms with Crippen molar-refractivity contribution < 1.29 is 0 Å². The Balaban J connectivity index is 1.96. The van der Waals surface area contributed by atoms with Gasteiger partial charge in [-0.1, -0.05) is 18.4 Å². The summed E-state index contributed by atoms with van der Waals surface area (Å²) in [4.78, 5) is 0. The molecule has 0 amide bonds. The number of nitrogens with one attached hydrogen (secondary N) is 1. The van der Waals surface area contributed by atoms with E-state index in [0.29, 0.717) is 11.3 Å². The Morgan fingerprint density at radius 3 is 3.07 bits per heavy atom. The minimum atomic E-state index is 0.527. The Morgan fingerprint density at radius 1 is 1.53 bits per heavy atom. The van der Waals surface area contributed by atoms with Gasteiger partial charge >= 0.3 is 0 Å². The second-order valence-electron chi connectivity index (χ2n) is 3.80. The van der Waals surface area contributed by atoms with Crippen molar-refractivity contribution in [1.82, 2.24) is 20.2 Å². The zero-order chi connectivity index (χ0) is 10.7. The predicted octanol–water partition coefficient (Wildman–Crippen LogP) is 1.30. The summed E-state index contributed by atoms with van der Waals surface area (Å²) in [5.74, 6) is 1.96. The van der Waals surface area contributed by atoms with Crippen molar-refractivity contribution in [3.8, 4) is 0 Å². The first-order valence-corrected chi connectivity index (χ1v) is 6.46. The number of hydrogen-bond acceptors (Lipinski definition) is 5. The highest BCUT2D eigenvalue weighted by Gasteiger charge is 2.27. The van der Waals surface area contributed by atoms with Crippen molar-refractivity contribution in [3.63, 3.8) is 0 Å². The van der Waals surface area contributed by atoms with Gasteiger partial charge < -0.3 is 5.32 Å². The molecule has 1 saturated carbocycles. The van der Waals surface area contributed by atoms with Gasteiger partial charge in [0.05, 0.1) is 0 Å². The highest BCUT2D eigenvalue weighted by atomic mass is 32.2. The minimum Gasteiger partial charge on any atom is -0.349 e. The molecule has 1 aromatic heterocycles. The summed E-state index contributed by atoms with van der Waals surface area (Å²) in [5.41, 5.74) is 0. The van der Waals surface area contributed by atoms with E-state index in [4.69, 9.17) is 0 Å². The maximum absolute atomic E-state index is 3.96.